The van der Waals surface area contributed by atoms with Crippen LogP contribution in [0.1, 0.15) is 70.1 Å². The number of imide groups is 1. The predicted octanol–water partition coefficient (Wildman–Crippen LogP) is 4.42. The lowest BCUT2D eigenvalue weighted by atomic mass is 9.56. The second kappa shape index (κ2) is 12.9. The average Bonchev–Trinajstić information content (AvgIpc) is 2.85. The molecule has 0 aromatic heterocycles. The zero-order valence-electron chi connectivity index (χ0n) is 22.4. The quantitative estimate of drug-likeness (QED) is 0.431. The smallest absolute Gasteiger partial charge is 0.318 e. The summed E-state index contributed by atoms with van der Waals surface area (Å²) in [5.41, 5.74) is 5.80. The van der Waals surface area contributed by atoms with Crippen molar-refractivity contribution in [2.75, 3.05) is 13.1 Å². The summed E-state index contributed by atoms with van der Waals surface area (Å²) in [6, 6.07) is 14.1. The summed E-state index contributed by atoms with van der Waals surface area (Å²) >= 11 is 0. The van der Waals surface area contributed by atoms with E-state index in [1.807, 2.05) is 52.8 Å². The molecule has 0 aliphatic carbocycles. The van der Waals surface area contributed by atoms with E-state index in [0.717, 1.165) is 24.1 Å². The van der Waals surface area contributed by atoms with Gasteiger partial charge in [0.1, 0.15) is 5.75 Å². The van der Waals surface area contributed by atoms with Crippen molar-refractivity contribution in [3.8, 4) is 5.75 Å². The molecule has 0 radical (unpaired) electrons. The van der Waals surface area contributed by atoms with Gasteiger partial charge in [-0.1, -0.05) is 63.6 Å². The molecule has 0 spiro atoms. The number of nitrogens with one attached hydrogen (secondary N) is 1. The van der Waals surface area contributed by atoms with Gasteiger partial charge in [-0.2, -0.15) is 0 Å². The van der Waals surface area contributed by atoms with Gasteiger partial charge in [0, 0.05) is 24.4 Å². The van der Waals surface area contributed by atoms with Crippen LogP contribution < -0.4 is 11.1 Å². The lowest BCUT2D eigenvalue weighted by molar-refractivity contribution is -0.150. The number of hydrogen-bond acceptors (Lipinski definition) is 5. The van der Waals surface area contributed by atoms with Crippen molar-refractivity contribution in [3.63, 3.8) is 0 Å². The monoisotopic (exact) mass is 497 g/mol. The number of amides is 3. The van der Waals surface area contributed by atoms with Gasteiger partial charge >= 0.3 is 6.03 Å². The van der Waals surface area contributed by atoms with Gasteiger partial charge in [0.25, 0.3) is 0 Å². The third-order valence-corrected chi connectivity index (χ3v) is 7.52. The molecule has 1 aliphatic heterocycles. The molecule has 5 N–H and O–H groups in total. The number of phenols is 1. The number of aryl methyl sites for hydroxylation is 1. The highest BCUT2D eigenvalue weighted by atomic mass is 16.3. The van der Waals surface area contributed by atoms with Crippen LogP contribution in [0.15, 0.2) is 48.5 Å². The molecule has 1 saturated heterocycles. The molecule has 198 valence electrons. The standard InChI is InChI=1S/C27H37N3O4.C2H6/c1-4-13-27(34)20(3)30(15-12-21-8-6-5-7-9-21)16-14-26(27,18-24(32)29-25(28)33)23-17-22(31)11-10-19(23)2;1-2/h5-11,17,20,31,34H,4,12-16,18H2,1-3H3,(H3,28,29,32,33);1-2H3. The van der Waals surface area contributed by atoms with Gasteiger partial charge in [0.15, 0.2) is 0 Å². The van der Waals surface area contributed by atoms with Crippen LogP contribution in [0.3, 0.4) is 0 Å². The van der Waals surface area contributed by atoms with Gasteiger partial charge < -0.3 is 15.9 Å². The normalized spacial score (nSPS) is 23.9. The van der Waals surface area contributed by atoms with Gasteiger partial charge in [0.2, 0.25) is 5.91 Å². The average molecular weight is 498 g/mol. The first-order chi connectivity index (χ1) is 17.1. The molecule has 0 bridgehead atoms. The molecular weight excluding hydrogens is 454 g/mol. The number of nitrogens with zero attached hydrogens (tertiary/aromatic N) is 1. The molecule has 36 heavy (non-hydrogen) atoms. The zero-order chi connectivity index (χ0) is 26.9. The van der Waals surface area contributed by atoms with Gasteiger partial charge in [-0.05, 0) is 68.5 Å². The van der Waals surface area contributed by atoms with Crippen LogP contribution in [0.4, 0.5) is 4.79 Å². The number of likely N-dealkylation sites (tertiary alicyclic amines) is 1. The lowest BCUT2D eigenvalue weighted by Gasteiger charge is -2.58. The number of phenolic OH excluding ortho intramolecular Hbond substituents is 1. The molecular formula is C29H43N3O4. The minimum absolute atomic E-state index is 0.0771. The maximum atomic E-state index is 12.9. The highest BCUT2D eigenvalue weighted by Crippen LogP contribution is 2.51. The number of benzene rings is 2. The Bertz CT molecular complexity index is 1010. The van der Waals surface area contributed by atoms with E-state index >= 15 is 0 Å². The number of carbonyl (C=O) groups is 2. The fraction of sp³-hybridized carbons (Fsp3) is 0.517. The van der Waals surface area contributed by atoms with E-state index in [2.05, 4.69) is 22.3 Å². The highest BCUT2D eigenvalue weighted by Gasteiger charge is 2.59. The molecule has 2 aromatic rings. The molecule has 7 heteroatoms. The number of piperidine rings is 1. The van der Waals surface area contributed by atoms with Crippen molar-refractivity contribution in [2.24, 2.45) is 5.73 Å². The van der Waals surface area contributed by atoms with Crippen LogP contribution in [0, 0.1) is 6.92 Å². The third-order valence-electron chi connectivity index (χ3n) is 7.52. The van der Waals surface area contributed by atoms with Crippen LogP contribution in [-0.2, 0) is 16.6 Å². The Morgan fingerprint density at radius 2 is 1.83 bits per heavy atom. The van der Waals surface area contributed by atoms with Gasteiger partial charge in [-0.3, -0.25) is 15.0 Å². The molecule has 3 rings (SSSR count). The summed E-state index contributed by atoms with van der Waals surface area (Å²) in [6.45, 7) is 11.4. The van der Waals surface area contributed by atoms with Crippen molar-refractivity contribution in [3.05, 3.63) is 65.2 Å². The van der Waals surface area contributed by atoms with Crippen molar-refractivity contribution in [1.82, 2.24) is 10.2 Å². The van der Waals surface area contributed by atoms with Crippen LogP contribution in [0.5, 0.6) is 5.75 Å². The zero-order valence-corrected chi connectivity index (χ0v) is 22.4. The van der Waals surface area contributed by atoms with E-state index in [0.29, 0.717) is 25.8 Å². The number of aromatic hydroxyl groups is 1. The summed E-state index contributed by atoms with van der Waals surface area (Å²) in [5.74, 6) is -0.456. The Labute approximate surface area is 215 Å². The van der Waals surface area contributed by atoms with Gasteiger partial charge in [0.05, 0.1) is 5.60 Å². The molecule has 1 fully saturated rings. The second-order valence-corrected chi connectivity index (χ2v) is 9.54. The van der Waals surface area contributed by atoms with Crippen molar-refractivity contribution < 1.29 is 19.8 Å². The maximum Gasteiger partial charge on any atom is 0.318 e. The van der Waals surface area contributed by atoms with Crippen LogP contribution >= 0.6 is 0 Å². The lowest BCUT2D eigenvalue weighted by Crippen LogP contribution is -2.68. The first kappa shape index (κ1) is 29.3. The summed E-state index contributed by atoms with van der Waals surface area (Å²) in [4.78, 5) is 26.6. The van der Waals surface area contributed by atoms with Crippen molar-refractivity contribution in [1.29, 1.82) is 0 Å². The maximum absolute atomic E-state index is 12.9. The Balaban J connectivity index is 0.00000222. The summed E-state index contributed by atoms with van der Waals surface area (Å²) in [5, 5.41) is 25.0. The molecule has 0 saturated carbocycles. The number of urea groups is 1. The molecule has 2 aromatic carbocycles. The van der Waals surface area contributed by atoms with E-state index in [1.54, 1.807) is 18.2 Å². The summed E-state index contributed by atoms with van der Waals surface area (Å²) in [7, 11) is 0. The SMILES string of the molecule is CC.CCCC1(O)C(C)N(CCc2ccccc2)CCC1(CC(=O)NC(N)=O)c1cc(O)ccc1C. The largest absolute Gasteiger partial charge is 0.508 e. The van der Waals surface area contributed by atoms with E-state index in [4.69, 9.17) is 5.73 Å². The summed E-state index contributed by atoms with van der Waals surface area (Å²) < 4.78 is 0. The van der Waals surface area contributed by atoms with E-state index in [-0.39, 0.29) is 18.2 Å². The molecule has 3 atom stereocenters. The molecule has 7 nitrogen and oxygen atoms in total. The molecule has 1 heterocycles. The highest BCUT2D eigenvalue weighted by molar-refractivity contribution is 5.94. The van der Waals surface area contributed by atoms with E-state index in [1.165, 1.54) is 5.56 Å². The predicted molar refractivity (Wildman–Crippen MR) is 144 cm³/mol. The minimum atomic E-state index is -1.27. The van der Waals surface area contributed by atoms with Crippen LogP contribution in [-0.4, -0.2) is 51.8 Å². The molecule has 3 unspecified atom stereocenters. The second-order valence-electron chi connectivity index (χ2n) is 9.54. The Hall–Kier alpha value is -2.90. The number of carbonyl (C=O) groups excluding carboxylic acids is 2. The fourth-order valence-electron chi connectivity index (χ4n) is 5.78. The first-order valence-corrected chi connectivity index (χ1v) is 13.0. The fourth-order valence-corrected chi connectivity index (χ4v) is 5.78. The topological polar surface area (TPSA) is 116 Å². The third kappa shape index (κ3) is 6.26. The van der Waals surface area contributed by atoms with Gasteiger partial charge in [-0.15, -0.1) is 0 Å². The Morgan fingerprint density at radius 3 is 2.44 bits per heavy atom. The van der Waals surface area contributed by atoms with E-state index in [9.17, 15) is 19.8 Å². The summed E-state index contributed by atoms with van der Waals surface area (Å²) in [6.07, 6.45) is 2.43. The molecule has 1 aliphatic rings. The van der Waals surface area contributed by atoms with Crippen molar-refractivity contribution >= 4 is 11.9 Å². The minimum Gasteiger partial charge on any atom is -0.508 e. The van der Waals surface area contributed by atoms with E-state index < -0.39 is 23.0 Å². The number of hydrogen-bond donors (Lipinski definition) is 4. The number of rotatable bonds is 8. The van der Waals surface area contributed by atoms with Crippen LogP contribution in [0.25, 0.3) is 0 Å². The number of aliphatic hydroxyl groups is 1. The Kier molecular flexibility index (Phi) is 10.5. The molecule has 3 amide bonds. The van der Waals surface area contributed by atoms with Crippen molar-refractivity contribution in [2.45, 2.75) is 83.8 Å². The number of primary amides is 1. The van der Waals surface area contributed by atoms with Gasteiger partial charge in [-0.25, -0.2) is 4.79 Å². The first-order valence-electron chi connectivity index (χ1n) is 13.0. The number of nitrogens with two attached hydrogens (primary N) is 1. The van der Waals surface area contributed by atoms with Crippen LogP contribution in [0.2, 0.25) is 0 Å². The Morgan fingerprint density at radius 1 is 1.17 bits per heavy atom.